The van der Waals surface area contributed by atoms with Crippen LogP contribution in [0, 0.1) is 5.92 Å². The van der Waals surface area contributed by atoms with E-state index in [0.717, 1.165) is 11.3 Å². The van der Waals surface area contributed by atoms with Crippen LogP contribution in [-0.2, 0) is 16.0 Å². The van der Waals surface area contributed by atoms with Gasteiger partial charge in [-0.2, -0.15) is 0 Å². The highest BCUT2D eigenvalue weighted by molar-refractivity contribution is 7.16. The molecule has 2 N–H and O–H groups in total. The average molecular weight is 269 g/mol. The van der Waals surface area contributed by atoms with E-state index in [1.165, 1.54) is 6.07 Å². The molecule has 0 aromatic carbocycles. The molecule has 0 aliphatic heterocycles. The largest absolute Gasteiger partial charge is 0.481 e. The quantitative estimate of drug-likeness (QED) is 0.823. The zero-order valence-corrected chi connectivity index (χ0v) is 9.57. The first-order valence-electron chi connectivity index (χ1n) is 3.81. The molecule has 82 valence electrons. The molecule has 0 fully saturated rings. The van der Waals surface area contributed by atoms with Crippen molar-refractivity contribution in [2.24, 2.45) is 5.92 Å². The first-order valence-corrected chi connectivity index (χ1v) is 5.38. The molecule has 0 saturated carbocycles. The predicted octanol–water partition coefficient (Wildman–Crippen LogP) is 2.38. The van der Waals surface area contributed by atoms with Crippen molar-refractivity contribution in [3.8, 4) is 0 Å². The number of carboxylic acid groups (broad SMARTS) is 2. The third kappa shape index (κ3) is 3.09. The minimum atomic E-state index is -1.46. The molecule has 0 bridgehead atoms. The number of halogens is 2. The summed E-state index contributed by atoms with van der Waals surface area (Å²) in [5.74, 6) is -4.21. The molecular weight excluding hydrogens is 263 g/mol. The minimum Gasteiger partial charge on any atom is -0.481 e. The highest BCUT2D eigenvalue weighted by Gasteiger charge is 2.26. The number of carbonyl (C=O) groups is 2. The second kappa shape index (κ2) is 4.83. The summed E-state index contributed by atoms with van der Waals surface area (Å²) in [4.78, 5) is 21.7. The molecule has 1 heterocycles. The highest BCUT2D eigenvalue weighted by Crippen LogP contribution is 2.32. The maximum Gasteiger partial charge on any atom is 0.318 e. The van der Waals surface area contributed by atoms with Gasteiger partial charge in [0.05, 0.1) is 5.02 Å². The van der Waals surface area contributed by atoms with E-state index in [4.69, 9.17) is 33.4 Å². The number of hydrogen-bond acceptors (Lipinski definition) is 3. The number of hydrogen-bond donors (Lipinski definition) is 2. The second-order valence-electron chi connectivity index (χ2n) is 2.77. The number of rotatable bonds is 4. The maximum absolute atomic E-state index is 10.6. The number of thiophene rings is 1. The molecule has 0 saturated heterocycles. The molecule has 0 unspecified atom stereocenters. The van der Waals surface area contributed by atoms with Gasteiger partial charge in [-0.25, -0.2) is 0 Å². The summed E-state index contributed by atoms with van der Waals surface area (Å²) < 4.78 is 0.334. The van der Waals surface area contributed by atoms with Crippen molar-refractivity contribution in [1.82, 2.24) is 0 Å². The fourth-order valence-corrected chi connectivity index (χ4v) is 2.45. The van der Waals surface area contributed by atoms with E-state index in [1.54, 1.807) is 0 Å². The van der Waals surface area contributed by atoms with Crippen molar-refractivity contribution in [2.45, 2.75) is 6.42 Å². The minimum absolute atomic E-state index is 0.109. The summed E-state index contributed by atoms with van der Waals surface area (Å²) in [6, 6.07) is 1.48. The van der Waals surface area contributed by atoms with E-state index < -0.39 is 17.9 Å². The van der Waals surface area contributed by atoms with Crippen molar-refractivity contribution in [3.05, 3.63) is 20.3 Å². The summed E-state index contributed by atoms with van der Waals surface area (Å²) in [6.07, 6.45) is -0.109. The molecule has 0 radical (unpaired) electrons. The monoisotopic (exact) mass is 268 g/mol. The third-order valence-corrected chi connectivity index (χ3v) is 3.59. The van der Waals surface area contributed by atoms with E-state index >= 15 is 0 Å². The summed E-state index contributed by atoms with van der Waals surface area (Å²) in [6.45, 7) is 0. The Bertz CT molecular complexity index is 368. The topological polar surface area (TPSA) is 74.6 Å². The molecule has 15 heavy (non-hydrogen) atoms. The summed E-state index contributed by atoms with van der Waals surface area (Å²) in [5.41, 5.74) is 0. The predicted molar refractivity (Wildman–Crippen MR) is 56.8 cm³/mol. The van der Waals surface area contributed by atoms with Crippen LogP contribution in [0.2, 0.25) is 9.36 Å². The van der Waals surface area contributed by atoms with Gasteiger partial charge in [-0.1, -0.05) is 23.2 Å². The third-order valence-electron chi connectivity index (χ3n) is 1.70. The van der Waals surface area contributed by atoms with Gasteiger partial charge >= 0.3 is 11.9 Å². The highest BCUT2D eigenvalue weighted by atomic mass is 35.5. The molecule has 0 aliphatic carbocycles. The first-order chi connectivity index (χ1) is 6.91. The fraction of sp³-hybridized carbons (Fsp3) is 0.250. The summed E-state index contributed by atoms with van der Waals surface area (Å²) >= 11 is 12.4. The Labute approximate surface area is 99.0 Å². The zero-order valence-electron chi connectivity index (χ0n) is 7.24. The van der Waals surface area contributed by atoms with Crippen molar-refractivity contribution in [2.75, 3.05) is 0 Å². The van der Waals surface area contributed by atoms with Gasteiger partial charge in [0, 0.05) is 11.3 Å². The van der Waals surface area contributed by atoms with E-state index in [2.05, 4.69) is 0 Å². The lowest BCUT2D eigenvalue weighted by molar-refractivity contribution is -0.154. The molecule has 7 heteroatoms. The number of carboxylic acids is 2. The van der Waals surface area contributed by atoms with Crippen LogP contribution in [0.3, 0.4) is 0 Å². The van der Waals surface area contributed by atoms with Crippen LogP contribution in [0.15, 0.2) is 6.07 Å². The van der Waals surface area contributed by atoms with Gasteiger partial charge in [-0.05, 0) is 6.07 Å². The Hall–Kier alpha value is -0.780. The van der Waals surface area contributed by atoms with Gasteiger partial charge in [0.1, 0.15) is 4.34 Å². The lowest BCUT2D eigenvalue weighted by atomic mass is 10.1. The summed E-state index contributed by atoms with van der Waals surface area (Å²) in [7, 11) is 0. The SMILES string of the molecule is O=C(O)C(Cc1cc(Cl)c(Cl)s1)C(=O)O. The number of aliphatic carboxylic acids is 2. The van der Waals surface area contributed by atoms with Crippen molar-refractivity contribution in [3.63, 3.8) is 0 Å². The van der Waals surface area contributed by atoms with Crippen LogP contribution >= 0.6 is 34.5 Å². The lowest BCUT2D eigenvalue weighted by Crippen LogP contribution is -2.25. The van der Waals surface area contributed by atoms with Crippen molar-refractivity contribution in [1.29, 1.82) is 0 Å². The van der Waals surface area contributed by atoms with E-state index in [0.29, 0.717) is 14.2 Å². The van der Waals surface area contributed by atoms with Crippen LogP contribution in [-0.4, -0.2) is 22.2 Å². The summed E-state index contributed by atoms with van der Waals surface area (Å²) in [5, 5.41) is 17.6. The standard InChI is InChI=1S/C8H6Cl2O4S/c9-5-2-3(15-6(5)10)1-4(7(11)12)8(13)14/h2,4H,1H2,(H,11,12)(H,13,14). The van der Waals surface area contributed by atoms with Gasteiger partial charge in [-0.3, -0.25) is 9.59 Å². The van der Waals surface area contributed by atoms with Crippen LogP contribution in [0.4, 0.5) is 0 Å². The fourth-order valence-electron chi connectivity index (χ4n) is 0.973. The Balaban J connectivity index is 2.83. The van der Waals surface area contributed by atoms with Gasteiger partial charge in [0.25, 0.3) is 0 Å². The van der Waals surface area contributed by atoms with E-state index in [-0.39, 0.29) is 6.42 Å². The maximum atomic E-state index is 10.6. The molecule has 0 atom stereocenters. The molecular formula is C8H6Cl2O4S. The van der Waals surface area contributed by atoms with Crippen LogP contribution in [0.1, 0.15) is 4.88 Å². The smallest absolute Gasteiger partial charge is 0.318 e. The molecule has 0 aliphatic rings. The first kappa shape index (κ1) is 12.3. The molecule has 1 aromatic heterocycles. The molecule has 4 nitrogen and oxygen atoms in total. The Kier molecular flexibility index (Phi) is 3.96. The van der Waals surface area contributed by atoms with Gasteiger partial charge in [-0.15, -0.1) is 11.3 Å². The zero-order chi connectivity index (χ0) is 11.6. The molecule has 0 amide bonds. The average Bonchev–Trinajstić information content (AvgIpc) is 2.41. The van der Waals surface area contributed by atoms with Crippen LogP contribution < -0.4 is 0 Å². The van der Waals surface area contributed by atoms with Crippen molar-refractivity contribution >= 4 is 46.5 Å². The van der Waals surface area contributed by atoms with Gasteiger partial charge < -0.3 is 10.2 Å². The molecule has 1 rings (SSSR count). The molecule has 0 spiro atoms. The van der Waals surface area contributed by atoms with Gasteiger partial charge in [0.2, 0.25) is 0 Å². The van der Waals surface area contributed by atoms with Crippen LogP contribution in [0.25, 0.3) is 0 Å². The second-order valence-corrected chi connectivity index (χ2v) is 4.91. The van der Waals surface area contributed by atoms with E-state index in [1.807, 2.05) is 0 Å². The van der Waals surface area contributed by atoms with Gasteiger partial charge in [0.15, 0.2) is 5.92 Å². The molecule has 1 aromatic rings. The van der Waals surface area contributed by atoms with Crippen molar-refractivity contribution < 1.29 is 19.8 Å². The Morgan fingerprint density at radius 1 is 1.33 bits per heavy atom. The van der Waals surface area contributed by atoms with Crippen LogP contribution in [0.5, 0.6) is 0 Å². The lowest BCUT2D eigenvalue weighted by Gasteiger charge is -2.04. The Morgan fingerprint density at radius 3 is 2.20 bits per heavy atom. The van der Waals surface area contributed by atoms with E-state index in [9.17, 15) is 9.59 Å². The Morgan fingerprint density at radius 2 is 1.87 bits per heavy atom. The normalized spacial score (nSPS) is 10.6.